The second kappa shape index (κ2) is 11.2. The molecule has 1 aliphatic rings. The van der Waals surface area contributed by atoms with Crippen LogP contribution in [0.2, 0.25) is 0 Å². The number of benzene rings is 1. The minimum Gasteiger partial charge on any atom is -0.481 e. The average molecular weight is 491 g/mol. The predicted octanol–water partition coefficient (Wildman–Crippen LogP) is 3.41. The summed E-state index contributed by atoms with van der Waals surface area (Å²) in [6.07, 6.45) is -0.332. The SMILES string of the molecule is Cc1ccc(C(=O)N[C@@H](CC(C)C)C(=O)[C@]2(C)CO2)cc1C[C@@H](CC(=O)O)NC(=O)OC(C)(C)C. The molecule has 0 aromatic heterocycles. The van der Waals surface area contributed by atoms with E-state index in [0.29, 0.717) is 24.2 Å². The highest BCUT2D eigenvalue weighted by atomic mass is 16.6. The lowest BCUT2D eigenvalue weighted by atomic mass is 9.92. The summed E-state index contributed by atoms with van der Waals surface area (Å²) in [4.78, 5) is 49.5. The van der Waals surface area contributed by atoms with Crippen LogP contribution in [0.3, 0.4) is 0 Å². The molecule has 3 atom stereocenters. The van der Waals surface area contributed by atoms with Gasteiger partial charge in [0, 0.05) is 11.6 Å². The summed E-state index contributed by atoms with van der Waals surface area (Å²) in [7, 11) is 0. The maximum atomic E-state index is 13.1. The molecule has 0 saturated carbocycles. The number of aliphatic carboxylic acids is 1. The molecule has 1 aromatic rings. The Labute approximate surface area is 206 Å². The van der Waals surface area contributed by atoms with Crippen LogP contribution >= 0.6 is 0 Å². The smallest absolute Gasteiger partial charge is 0.407 e. The molecule has 2 rings (SSSR count). The largest absolute Gasteiger partial charge is 0.481 e. The number of epoxide rings is 1. The molecule has 9 heteroatoms. The third-order valence-electron chi connectivity index (χ3n) is 5.65. The fraction of sp³-hybridized carbons (Fsp3) is 0.615. The molecule has 0 aliphatic carbocycles. The van der Waals surface area contributed by atoms with Crippen LogP contribution in [-0.2, 0) is 25.5 Å². The van der Waals surface area contributed by atoms with E-state index in [0.717, 1.165) is 5.56 Å². The predicted molar refractivity (Wildman–Crippen MR) is 130 cm³/mol. The number of Topliss-reactive ketones (excluding diaryl/α,β-unsaturated/α-hetero) is 1. The average Bonchev–Trinajstić information content (AvgIpc) is 3.44. The molecule has 2 amide bonds. The van der Waals surface area contributed by atoms with Gasteiger partial charge in [0.15, 0.2) is 5.78 Å². The maximum absolute atomic E-state index is 13.1. The fourth-order valence-corrected chi connectivity index (χ4v) is 3.72. The van der Waals surface area contributed by atoms with Gasteiger partial charge in [-0.15, -0.1) is 0 Å². The van der Waals surface area contributed by atoms with Crippen molar-refractivity contribution in [2.75, 3.05) is 6.61 Å². The van der Waals surface area contributed by atoms with Crippen molar-refractivity contribution in [2.45, 2.75) is 91.0 Å². The number of ketones is 1. The molecule has 0 bridgehead atoms. The third kappa shape index (κ3) is 8.98. The molecule has 1 heterocycles. The quantitative estimate of drug-likeness (QED) is 0.405. The molecule has 0 unspecified atom stereocenters. The molecule has 194 valence electrons. The monoisotopic (exact) mass is 490 g/mol. The number of carbonyl (C=O) groups excluding carboxylic acids is 3. The van der Waals surface area contributed by atoms with Crippen LogP contribution in [0.5, 0.6) is 0 Å². The zero-order valence-corrected chi connectivity index (χ0v) is 21.7. The van der Waals surface area contributed by atoms with Crippen LogP contribution in [0.1, 0.15) is 75.9 Å². The van der Waals surface area contributed by atoms with Crippen LogP contribution < -0.4 is 10.6 Å². The van der Waals surface area contributed by atoms with E-state index >= 15 is 0 Å². The van der Waals surface area contributed by atoms with E-state index in [1.165, 1.54) is 0 Å². The van der Waals surface area contributed by atoms with Crippen LogP contribution in [-0.4, -0.2) is 58.8 Å². The van der Waals surface area contributed by atoms with Crippen molar-refractivity contribution in [2.24, 2.45) is 5.92 Å². The first kappa shape index (κ1) is 28.3. The Morgan fingerprint density at radius 2 is 1.80 bits per heavy atom. The van der Waals surface area contributed by atoms with Crippen molar-refractivity contribution in [1.82, 2.24) is 10.6 Å². The Kier molecular flexibility index (Phi) is 9.06. The number of hydrogen-bond acceptors (Lipinski definition) is 6. The third-order valence-corrected chi connectivity index (χ3v) is 5.65. The Balaban J connectivity index is 2.19. The van der Waals surface area contributed by atoms with Gasteiger partial charge >= 0.3 is 12.1 Å². The lowest BCUT2D eigenvalue weighted by Gasteiger charge is -2.24. The van der Waals surface area contributed by atoms with E-state index in [9.17, 15) is 24.3 Å². The summed E-state index contributed by atoms with van der Waals surface area (Å²) in [5.74, 6) is -1.42. The lowest BCUT2D eigenvalue weighted by molar-refractivity contribution is -0.137. The van der Waals surface area contributed by atoms with Gasteiger partial charge in [-0.25, -0.2) is 4.79 Å². The van der Waals surface area contributed by atoms with Gasteiger partial charge in [-0.1, -0.05) is 19.9 Å². The first-order valence-electron chi connectivity index (χ1n) is 11.9. The maximum Gasteiger partial charge on any atom is 0.407 e. The molecule has 1 aliphatic heterocycles. The number of hydrogen-bond donors (Lipinski definition) is 3. The molecule has 3 N–H and O–H groups in total. The summed E-state index contributed by atoms with van der Waals surface area (Å²) in [6, 6.07) is 3.69. The standard InChI is InChI=1S/C26H38N2O7/c1-15(2)10-20(22(31)26(7)14-34-26)28-23(32)17-9-8-16(3)18(11-17)12-19(13-21(29)30)27-24(33)35-25(4,5)6/h8-9,11,15,19-20H,10,12-14H2,1-7H3,(H,27,33)(H,28,32)(H,29,30)/t19-,20-,26-/m0/s1. The zero-order valence-electron chi connectivity index (χ0n) is 21.7. The van der Waals surface area contributed by atoms with E-state index in [2.05, 4.69) is 10.6 Å². The number of ether oxygens (including phenoxy) is 2. The molecular formula is C26H38N2O7. The highest BCUT2D eigenvalue weighted by Gasteiger charge is 2.50. The van der Waals surface area contributed by atoms with Gasteiger partial charge in [0.25, 0.3) is 5.91 Å². The minimum absolute atomic E-state index is 0.144. The second-order valence-corrected chi connectivity index (χ2v) is 10.8. The molecule has 0 spiro atoms. The minimum atomic E-state index is -1.07. The van der Waals surface area contributed by atoms with Crippen LogP contribution in [0.15, 0.2) is 18.2 Å². The summed E-state index contributed by atoms with van der Waals surface area (Å²) < 4.78 is 10.5. The van der Waals surface area contributed by atoms with Crippen molar-refractivity contribution < 1.29 is 33.8 Å². The first-order valence-corrected chi connectivity index (χ1v) is 11.9. The van der Waals surface area contributed by atoms with Gasteiger partial charge in [-0.3, -0.25) is 14.4 Å². The van der Waals surface area contributed by atoms with Crippen LogP contribution in [0.4, 0.5) is 4.79 Å². The summed E-state index contributed by atoms with van der Waals surface area (Å²) in [6.45, 7) is 13.0. The van der Waals surface area contributed by atoms with Gasteiger partial charge in [-0.2, -0.15) is 0 Å². The number of alkyl carbamates (subject to hydrolysis) is 1. The van der Waals surface area contributed by atoms with Crippen molar-refractivity contribution in [1.29, 1.82) is 0 Å². The zero-order chi connectivity index (χ0) is 26.6. The summed E-state index contributed by atoms with van der Waals surface area (Å²) >= 11 is 0. The Hall–Kier alpha value is -2.94. The van der Waals surface area contributed by atoms with Crippen molar-refractivity contribution >= 4 is 23.8 Å². The number of amides is 2. The number of aryl methyl sites for hydroxylation is 1. The molecular weight excluding hydrogens is 452 g/mol. The van der Waals surface area contributed by atoms with Crippen molar-refractivity contribution in [3.05, 3.63) is 34.9 Å². The van der Waals surface area contributed by atoms with Crippen molar-refractivity contribution in [3.63, 3.8) is 0 Å². The highest BCUT2D eigenvalue weighted by molar-refractivity contribution is 6.01. The van der Waals surface area contributed by atoms with E-state index in [4.69, 9.17) is 9.47 Å². The van der Waals surface area contributed by atoms with Crippen LogP contribution in [0.25, 0.3) is 0 Å². The summed E-state index contributed by atoms with van der Waals surface area (Å²) in [5.41, 5.74) is 0.335. The topological polar surface area (TPSA) is 134 Å². The highest BCUT2D eigenvalue weighted by Crippen LogP contribution is 2.30. The fourth-order valence-electron chi connectivity index (χ4n) is 3.72. The van der Waals surface area contributed by atoms with E-state index in [1.807, 2.05) is 20.8 Å². The molecule has 35 heavy (non-hydrogen) atoms. The van der Waals surface area contributed by atoms with E-state index in [1.54, 1.807) is 45.9 Å². The van der Waals surface area contributed by atoms with Gasteiger partial charge in [0.2, 0.25) is 0 Å². The molecule has 9 nitrogen and oxygen atoms in total. The van der Waals surface area contributed by atoms with Gasteiger partial charge < -0.3 is 25.2 Å². The van der Waals surface area contributed by atoms with Crippen LogP contribution in [0, 0.1) is 12.8 Å². The second-order valence-electron chi connectivity index (χ2n) is 10.8. The number of carboxylic acid groups (broad SMARTS) is 1. The summed E-state index contributed by atoms with van der Waals surface area (Å²) in [5, 5.41) is 14.8. The Morgan fingerprint density at radius 1 is 1.17 bits per heavy atom. The Bertz CT molecular complexity index is 961. The molecule has 0 radical (unpaired) electrons. The lowest BCUT2D eigenvalue weighted by Crippen LogP contribution is -2.46. The molecule has 1 saturated heterocycles. The van der Waals surface area contributed by atoms with Gasteiger partial charge in [0.1, 0.15) is 11.2 Å². The van der Waals surface area contributed by atoms with Crippen molar-refractivity contribution in [3.8, 4) is 0 Å². The number of carboxylic acids is 1. The van der Waals surface area contributed by atoms with E-state index in [-0.39, 0.29) is 24.5 Å². The Morgan fingerprint density at radius 3 is 2.31 bits per heavy atom. The van der Waals surface area contributed by atoms with Gasteiger partial charge in [0.05, 0.1) is 19.1 Å². The number of carbonyl (C=O) groups is 4. The number of nitrogens with one attached hydrogen (secondary N) is 2. The normalized spacial score (nSPS) is 19.0. The molecule has 1 aromatic carbocycles. The van der Waals surface area contributed by atoms with E-state index < -0.39 is 41.3 Å². The number of rotatable bonds is 11. The first-order chi connectivity index (χ1) is 16.1. The molecule has 1 fully saturated rings. The van der Waals surface area contributed by atoms with Gasteiger partial charge in [-0.05, 0) is 76.6 Å².